The Morgan fingerprint density at radius 3 is 2.63 bits per heavy atom. The SMILES string of the molecule is COc1cc2c(c(OC)c1)[C@@H](N1CCCC1)CNC2. The van der Waals surface area contributed by atoms with Gasteiger partial charge in [0.05, 0.1) is 20.3 Å². The lowest BCUT2D eigenvalue weighted by molar-refractivity contribution is 0.222. The molecule has 19 heavy (non-hydrogen) atoms. The van der Waals surface area contributed by atoms with Gasteiger partial charge in [0.2, 0.25) is 0 Å². The van der Waals surface area contributed by atoms with Crippen molar-refractivity contribution in [2.75, 3.05) is 33.9 Å². The Labute approximate surface area is 114 Å². The van der Waals surface area contributed by atoms with Crippen LogP contribution in [0.25, 0.3) is 0 Å². The van der Waals surface area contributed by atoms with Crippen molar-refractivity contribution in [3.05, 3.63) is 23.3 Å². The smallest absolute Gasteiger partial charge is 0.127 e. The van der Waals surface area contributed by atoms with Gasteiger partial charge in [0.25, 0.3) is 0 Å². The van der Waals surface area contributed by atoms with Crippen molar-refractivity contribution in [3.8, 4) is 11.5 Å². The molecular formula is C15H22N2O2. The number of fused-ring (bicyclic) bond motifs is 1. The molecule has 0 aromatic heterocycles. The van der Waals surface area contributed by atoms with Gasteiger partial charge in [-0.05, 0) is 37.6 Å². The fourth-order valence-electron chi connectivity index (χ4n) is 3.28. The molecule has 2 aliphatic heterocycles. The fourth-order valence-corrected chi connectivity index (χ4v) is 3.28. The fraction of sp³-hybridized carbons (Fsp3) is 0.600. The van der Waals surface area contributed by atoms with Crippen molar-refractivity contribution >= 4 is 0 Å². The van der Waals surface area contributed by atoms with Crippen LogP contribution < -0.4 is 14.8 Å². The minimum atomic E-state index is 0.437. The molecule has 0 saturated carbocycles. The highest BCUT2D eigenvalue weighted by Gasteiger charge is 2.30. The number of hydrogen-bond acceptors (Lipinski definition) is 4. The second kappa shape index (κ2) is 5.39. The maximum absolute atomic E-state index is 5.61. The predicted molar refractivity (Wildman–Crippen MR) is 74.8 cm³/mol. The third kappa shape index (κ3) is 2.30. The number of nitrogens with one attached hydrogen (secondary N) is 1. The van der Waals surface area contributed by atoms with Crippen LogP contribution in [-0.2, 0) is 6.54 Å². The van der Waals surface area contributed by atoms with Gasteiger partial charge >= 0.3 is 0 Å². The monoisotopic (exact) mass is 262 g/mol. The maximum atomic E-state index is 5.61. The van der Waals surface area contributed by atoms with Gasteiger partial charge in [0.15, 0.2) is 0 Å². The summed E-state index contributed by atoms with van der Waals surface area (Å²) in [6.45, 7) is 4.30. The van der Waals surface area contributed by atoms with Crippen LogP contribution in [0.3, 0.4) is 0 Å². The number of methoxy groups -OCH3 is 2. The normalized spacial score (nSPS) is 23.2. The molecule has 0 bridgehead atoms. The minimum absolute atomic E-state index is 0.437. The van der Waals surface area contributed by atoms with Crippen LogP contribution in [0.15, 0.2) is 12.1 Å². The molecule has 0 aliphatic carbocycles. The van der Waals surface area contributed by atoms with Crippen molar-refractivity contribution in [1.82, 2.24) is 10.2 Å². The van der Waals surface area contributed by atoms with Crippen molar-refractivity contribution in [3.63, 3.8) is 0 Å². The van der Waals surface area contributed by atoms with Gasteiger partial charge in [-0.1, -0.05) is 0 Å². The molecule has 1 saturated heterocycles. The molecule has 3 rings (SSSR count). The van der Waals surface area contributed by atoms with Crippen LogP contribution in [0.4, 0.5) is 0 Å². The zero-order valence-electron chi connectivity index (χ0n) is 11.7. The zero-order valence-corrected chi connectivity index (χ0v) is 11.7. The molecule has 0 unspecified atom stereocenters. The number of hydrogen-bond donors (Lipinski definition) is 1. The quantitative estimate of drug-likeness (QED) is 0.902. The first-order valence-corrected chi connectivity index (χ1v) is 7.03. The minimum Gasteiger partial charge on any atom is -0.497 e. The average molecular weight is 262 g/mol. The highest BCUT2D eigenvalue weighted by Crippen LogP contribution is 2.38. The van der Waals surface area contributed by atoms with E-state index in [0.717, 1.165) is 24.6 Å². The summed E-state index contributed by atoms with van der Waals surface area (Å²) in [7, 11) is 3.45. The standard InChI is InChI=1S/C15H22N2O2/c1-18-12-7-11-9-16-10-13(17-5-3-4-6-17)15(11)14(8-12)19-2/h7-8,13,16H,3-6,9-10H2,1-2H3/t13-/m0/s1. The Balaban J connectivity index is 2.01. The van der Waals surface area contributed by atoms with Crippen LogP contribution in [0, 0.1) is 0 Å². The van der Waals surface area contributed by atoms with Crippen LogP contribution >= 0.6 is 0 Å². The van der Waals surface area contributed by atoms with Crippen molar-refractivity contribution < 1.29 is 9.47 Å². The first-order chi connectivity index (χ1) is 9.33. The molecule has 2 heterocycles. The van der Waals surface area contributed by atoms with Crippen molar-refractivity contribution in [1.29, 1.82) is 0 Å². The third-order valence-corrected chi connectivity index (χ3v) is 4.22. The number of nitrogens with zero attached hydrogens (tertiary/aromatic N) is 1. The molecule has 104 valence electrons. The third-order valence-electron chi connectivity index (χ3n) is 4.22. The molecule has 0 amide bonds. The lowest BCUT2D eigenvalue weighted by Crippen LogP contribution is -2.38. The molecule has 1 fully saturated rings. The summed E-state index contributed by atoms with van der Waals surface area (Å²) in [5.74, 6) is 1.84. The second-order valence-electron chi connectivity index (χ2n) is 5.29. The summed E-state index contributed by atoms with van der Waals surface area (Å²) in [5, 5.41) is 3.52. The molecule has 1 aromatic carbocycles. The van der Waals surface area contributed by atoms with Gasteiger partial charge in [0.1, 0.15) is 11.5 Å². The van der Waals surface area contributed by atoms with E-state index in [1.807, 2.05) is 6.07 Å². The Kier molecular flexibility index (Phi) is 3.62. The van der Waals surface area contributed by atoms with E-state index in [2.05, 4.69) is 16.3 Å². The summed E-state index contributed by atoms with van der Waals surface area (Å²) in [6, 6.07) is 4.58. The number of likely N-dealkylation sites (tertiary alicyclic amines) is 1. The zero-order chi connectivity index (χ0) is 13.2. The van der Waals surface area contributed by atoms with Crippen molar-refractivity contribution in [2.24, 2.45) is 0 Å². The van der Waals surface area contributed by atoms with E-state index in [4.69, 9.17) is 9.47 Å². The molecule has 4 nitrogen and oxygen atoms in total. The Morgan fingerprint density at radius 2 is 1.95 bits per heavy atom. The first kappa shape index (κ1) is 12.8. The number of rotatable bonds is 3. The summed E-state index contributed by atoms with van der Waals surface area (Å²) in [6.07, 6.45) is 2.62. The lowest BCUT2D eigenvalue weighted by Gasteiger charge is -2.34. The van der Waals surface area contributed by atoms with E-state index >= 15 is 0 Å². The van der Waals surface area contributed by atoms with E-state index in [-0.39, 0.29) is 0 Å². The largest absolute Gasteiger partial charge is 0.497 e. The van der Waals surface area contributed by atoms with Crippen molar-refractivity contribution in [2.45, 2.75) is 25.4 Å². The van der Waals surface area contributed by atoms with Gasteiger partial charge in [-0.25, -0.2) is 0 Å². The molecule has 1 aromatic rings. The molecule has 1 atom stereocenters. The number of benzene rings is 1. The Bertz CT molecular complexity index is 438. The van der Waals surface area contributed by atoms with Crippen LogP contribution in [0.1, 0.15) is 30.0 Å². The van der Waals surface area contributed by atoms with Crippen LogP contribution in [0.2, 0.25) is 0 Å². The average Bonchev–Trinajstić information content (AvgIpc) is 2.99. The Morgan fingerprint density at radius 1 is 1.16 bits per heavy atom. The maximum Gasteiger partial charge on any atom is 0.127 e. The summed E-state index contributed by atoms with van der Waals surface area (Å²) in [4.78, 5) is 2.57. The molecule has 1 N–H and O–H groups in total. The molecule has 4 heteroatoms. The van der Waals surface area contributed by atoms with Crippen LogP contribution in [0.5, 0.6) is 11.5 Å². The molecule has 2 aliphatic rings. The topological polar surface area (TPSA) is 33.7 Å². The van der Waals surface area contributed by atoms with E-state index in [1.54, 1.807) is 14.2 Å². The summed E-state index contributed by atoms with van der Waals surface area (Å²) < 4.78 is 11.0. The van der Waals surface area contributed by atoms with E-state index < -0.39 is 0 Å². The van der Waals surface area contributed by atoms with Gasteiger partial charge in [-0.2, -0.15) is 0 Å². The molecule has 0 radical (unpaired) electrons. The lowest BCUT2D eigenvalue weighted by atomic mass is 9.94. The van der Waals surface area contributed by atoms with Gasteiger partial charge < -0.3 is 14.8 Å². The van der Waals surface area contributed by atoms with Gasteiger partial charge in [-0.15, -0.1) is 0 Å². The summed E-state index contributed by atoms with van der Waals surface area (Å²) >= 11 is 0. The van der Waals surface area contributed by atoms with E-state index in [9.17, 15) is 0 Å². The predicted octanol–water partition coefficient (Wildman–Crippen LogP) is 1.94. The first-order valence-electron chi connectivity index (χ1n) is 7.03. The molecular weight excluding hydrogens is 240 g/mol. The second-order valence-corrected chi connectivity index (χ2v) is 5.29. The number of ether oxygens (including phenoxy) is 2. The Hall–Kier alpha value is -1.26. The highest BCUT2D eigenvalue weighted by atomic mass is 16.5. The van der Waals surface area contributed by atoms with E-state index in [0.29, 0.717) is 6.04 Å². The van der Waals surface area contributed by atoms with Gasteiger partial charge in [-0.3, -0.25) is 4.90 Å². The van der Waals surface area contributed by atoms with Crippen LogP contribution in [-0.4, -0.2) is 38.8 Å². The highest BCUT2D eigenvalue weighted by molar-refractivity contribution is 5.49. The van der Waals surface area contributed by atoms with E-state index in [1.165, 1.54) is 37.1 Å². The van der Waals surface area contributed by atoms with Gasteiger partial charge in [0, 0.05) is 24.7 Å². The molecule has 0 spiro atoms. The summed E-state index contributed by atoms with van der Waals surface area (Å²) in [5.41, 5.74) is 2.66.